The molecule has 6 heteroatoms. The molecule has 0 aliphatic carbocycles. The third-order valence-electron chi connectivity index (χ3n) is 4.27. The maximum atomic E-state index is 12.5. The molecule has 5 nitrogen and oxygen atoms in total. The van der Waals surface area contributed by atoms with E-state index in [4.69, 9.17) is 0 Å². The summed E-state index contributed by atoms with van der Waals surface area (Å²) in [6, 6.07) is 10.2. The first-order valence-electron chi connectivity index (χ1n) is 8.35. The third-order valence-corrected chi connectivity index (χ3v) is 4.27. The van der Waals surface area contributed by atoms with Crippen molar-refractivity contribution in [3.8, 4) is 0 Å². The van der Waals surface area contributed by atoms with E-state index in [0.29, 0.717) is 12.5 Å². The van der Waals surface area contributed by atoms with Crippen LogP contribution in [-0.4, -0.2) is 35.3 Å². The lowest BCUT2D eigenvalue weighted by Gasteiger charge is -2.27. The van der Waals surface area contributed by atoms with Crippen molar-refractivity contribution in [1.29, 1.82) is 0 Å². The largest absolute Gasteiger partial charge is 0.352 e. The van der Waals surface area contributed by atoms with Crippen LogP contribution < -0.4 is 10.6 Å². The molecule has 1 aromatic heterocycles. The Labute approximate surface area is 149 Å². The van der Waals surface area contributed by atoms with Gasteiger partial charge in [-0.25, -0.2) is 0 Å². The maximum Gasteiger partial charge on any atom is 0.254 e. The minimum absolute atomic E-state index is 0. The van der Waals surface area contributed by atoms with Crippen LogP contribution in [0.25, 0.3) is 0 Å². The minimum atomic E-state index is -0.000313. The molecule has 0 radical (unpaired) electrons. The van der Waals surface area contributed by atoms with E-state index in [2.05, 4.69) is 34.8 Å². The fraction of sp³-hybridized carbons (Fsp3) is 0.444. The van der Waals surface area contributed by atoms with E-state index in [9.17, 15) is 4.79 Å². The summed E-state index contributed by atoms with van der Waals surface area (Å²) in [4.78, 5) is 12.5. The molecule has 0 bridgehead atoms. The number of carbonyl (C=O) groups is 1. The van der Waals surface area contributed by atoms with Crippen LogP contribution in [0.4, 0.5) is 0 Å². The van der Waals surface area contributed by atoms with Crippen molar-refractivity contribution in [3.05, 3.63) is 53.3 Å². The molecule has 1 amide bonds. The fourth-order valence-electron chi connectivity index (χ4n) is 2.82. The number of aromatic nitrogens is 2. The molecule has 2 heterocycles. The molecule has 0 saturated carbocycles. The summed E-state index contributed by atoms with van der Waals surface area (Å²) >= 11 is 0. The number of nitrogens with zero attached hydrogens (tertiary/aromatic N) is 2. The van der Waals surface area contributed by atoms with Gasteiger partial charge >= 0.3 is 0 Å². The number of rotatable bonds is 7. The van der Waals surface area contributed by atoms with E-state index < -0.39 is 0 Å². The highest BCUT2D eigenvalue weighted by Crippen LogP contribution is 2.14. The number of hydrogen-bond acceptors (Lipinski definition) is 3. The van der Waals surface area contributed by atoms with Crippen molar-refractivity contribution in [2.75, 3.05) is 19.6 Å². The van der Waals surface area contributed by atoms with Crippen LogP contribution in [0.2, 0.25) is 0 Å². The highest BCUT2D eigenvalue weighted by atomic mass is 35.5. The number of halogens is 1. The standard InChI is InChI=1S/C18H24N4O.ClH/c1-2-6-17-16(18(23)20-11-15-9-19-10-15)12-21-22(17)13-14-7-4-3-5-8-14;/h3-5,7-8,12,15,19H,2,6,9-11,13H2,1H3,(H,20,23);1H. The Kier molecular flexibility index (Phi) is 6.82. The predicted octanol–water partition coefficient (Wildman–Crippen LogP) is 2.25. The lowest BCUT2D eigenvalue weighted by Crippen LogP contribution is -2.48. The molecule has 2 aromatic rings. The van der Waals surface area contributed by atoms with Gasteiger partial charge in [-0.1, -0.05) is 43.7 Å². The Morgan fingerprint density at radius 3 is 2.71 bits per heavy atom. The fourth-order valence-corrected chi connectivity index (χ4v) is 2.82. The molecule has 1 aliphatic heterocycles. The molecule has 3 rings (SSSR count). The maximum absolute atomic E-state index is 12.5. The molecular weight excluding hydrogens is 324 g/mol. The average Bonchev–Trinajstić information content (AvgIpc) is 2.90. The van der Waals surface area contributed by atoms with Gasteiger partial charge in [0.1, 0.15) is 0 Å². The summed E-state index contributed by atoms with van der Waals surface area (Å²) in [5.41, 5.74) is 2.94. The van der Waals surface area contributed by atoms with Crippen LogP contribution in [-0.2, 0) is 13.0 Å². The van der Waals surface area contributed by atoms with Gasteiger partial charge in [0.2, 0.25) is 0 Å². The predicted molar refractivity (Wildman–Crippen MR) is 97.7 cm³/mol. The smallest absolute Gasteiger partial charge is 0.254 e. The van der Waals surface area contributed by atoms with E-state index in [1.807, 2.05) is 22.9 Å². The Hall–Kier alpha value is -1.85. The van der Waals surface area contributed by atoms with Gasteiger partial charge in [0.05, 0.1) is 24.0 Å². The van der Waals surface area contributed by atoms with Crippen molar-refractivity contribution < 1.29 is 4.79 Å². The van der Waals surface area contributed by atoms with Crippen LogP contribution in [0.1, 0.15) is 35.0 Å². The zero-order chi connectivity index (χ0) is 16.1. The molecule has 130 valence electrons. The van der Waals surface area contributed by atoms with Gasteiger partial charge in [-0.15, -0.1) is 12.4 Å². The van der Waals surface area contributed by atoms with Crippen LogP contribution in [0.3, 0.4) is 0 Å². The first-order chi connectivity index (χ1) is 11.3. The first-order valence-corrected chi connectivity index (χ1v) is 8.35. The molecular formula is C18H25ClN4O. The van der Waals surface area contributed by atoms with Gasteiger partial charge in [-0.2, -0.15) is 5.10 Å². The molecule has 1 aliphatic rings. The van der Waals surface area contributed by atoms with E-state index in [1.165, 1.54) is 5.56 Å². The summed E-state index contributed by atoms with van der Waals surface area (Å²) in [5, 5.41) is 10.7. The zero-order valence-corrected chi connectivity index (χ0v) is 14.8. The second-order valence-electron chi connectivity index (χ2n) is 6.13. The van der Waals surface area contributed by atoms with Crippen LogP contribution in [0, 0.1) is 5.92 Å². The summed E-state index contributed by atoms with van der Waals surface area (Å²) < 4.78 is 1.96. The summed E-state index contributed by atoms with van der Waals surface area (Å²) in [7, 11) is 0. The summed E-state index contributed by atoms with van der Waals surface area (Å²) in [6.45, 7) is 5.56. The van der Waals surface area contributed by atoms with Crippen molar-refractivity contribution in [1.82, 2.24) is 20.4 Å². The highest BCUT2D eigenvalue weighted by Gasteiger charge is 2.20. The first kappa shape index (κ1) is 18.5. The Morgan fingerprint density at radius 1 is 1.33 bits per heavy atom. The lowest BCUT2D eigenvalue weighted by atomic mass is 10.0. The second-order valence-corrected chi connectivity index (χ2v) is 6.13. The number of hydrogen-bond donors (Lipinski definition) is 2. The van der Waals surface area contributed by atoms with Crippen LogP contribution in [0.5, 0.6) is 0 Å². The molecule has 1 saturated heterocycles. The molecule has 0 atom stereocenters. The lowest BCUT2D eigenvalue weighted by molar-refractivity contribution is 0.0941. The molecule has 1 aromatic carbocycles. The minimum Gasteiger partial charge on any atom is -0.352 e. The Morgan fingerprint density at radius 2 is 2.08 bits per heavy atom. The van der Waals surface area contributed by atoms with E-state index in [-0.39, 0.29) is 18.3 Å². The normalized spacial score (nSPS) is 13.9. The van der Waals surface area contributed by atoms with Crippen molar-refractivity contribution >= 4 is 18.3 Å². The van der Waals surface area contributed by atoms with E-state index in [0.717, 1.165) is 43.7 Å². The highest BCUT2D eigenvalue weighted by molar-refractivity contribution is 5.95. The van der Waals surface area contributed by atoms with Gasteiger partial charge in [0, 0.05) is 25.6 Å². The van der Waals surface area contributed by atoms with E-state index in [1.54, 1.807) is 6.20 Å². The molecule has 24 heavy (non-hydrogen) atoms. The number of nitrogens with one attached hydrogen (secondary N) is 2. The topological polar surface area (TPSA) is 59.0 Å². The molecule has 2 N–H and O–H groups in total. The van der Waals surface area contributed by atoms with Crippen LogP contribution in [0.15, 0.2) is 36.5 Å². The van der Waals surface area contributed by atoms with Gasteiger partial charge in [0.25, 0.3) is 5.91 Å². The van der Waals surface area contributed by atoms with Crippen molar-refractivity contribution in [2.45, 2.75) is 26.3 Å². The Balaban J connectivity index is 0.00000208. The Bertz CT molecular complexity index is 652. The summed E-state index contributed by atoms with van der Waals surface area (Å²) in [6.07, 6.45) is 3.57. The molecule has 0 unspecified atom stereocenters. The molecule has 0 spiro atoms. The van der Waals surface area contributed by atoms with Crippen LogP contribution >= 0.6 is 12.4 Å². The van der Waals surface area contributed by atoms with Gasteiger partial charge in [-0.05, 0) is 12.0 Å². The van der Waals surface area contributed by atoms with E-state index >= 15 is 0 Å². The third kappa shape index (κ3) is 4.36. The van der Waals surface area contributed by atoms with Gasteiger partial charge in [-0.3, -0.25) is 9.48 Å². The summed E-state index contributed by atoms with van der Waals surface area (Å²) in [5.74, 6) is 0.563. The number of benzene rings is 1. The van der Waals surface area contributed by atoms with Gasteiger partial charge < -0.3 is 10.6 Å². The zero-order valence-electron chi connectivity index (χ0n) is 14.0. The van der Waals surface area contributed by atoms with Gasteiger partial charge in [0.15, 0.2) is 0 Å². The number of amides is 1. The molecule has 1 fully saturated rings. The SMILES string of the molecule is CCCc1c(C(=O)NCC2CNC2)cnn1Cc1ccccc1.Cl. The van der Waals surface area contributed by atoms with Crippen molar-refractivity contribution in [3.63, 3.8) is 0 Å². The van der Waals surface area contributed by atoms with Crippen molar-refractivity contribution in [2.24, 2.45) is 5.92 Å². The number of carbonyl (C=O) groups excluding carboxylic acids is 1. The quantitative estimate of drug-likeness (QED) is 0.807. The average molecular weight is 349 g/mol. The second kappa shape index (κ2) is 8.85. The monoisotopic (exact) mass is 348 g/mol.